The van der Waals surface area contributed by atoms with Crippen LogP contribution in [-0.2, 0) is 19.5 Å². The van der Waals surface area contributed by atoms with Crippen molar-refractivity contribution in [2.45, 2.75) is 6.42 Å². The molecular weight excluding hydrogens is 376 g/mol. The second-order valence-corrected chi connectivity index (χ2v) is 9.78. The molecule has 2 saturated heterocycles. The van der Waals surface area contributed by atoms with E-state index in [0.717, 1.165) is 43.6 Å². The van der Waals surface area contributed by atoms with Crippen molar-refractivity contribution in [3.63, 3.8) is 0 Å². The Morgan fingerprint density at radius 2 is 2.04 bits per heavy atom. The first-order chi connectivity index (χ1) is 12.6. The smallest absolute Gasteiger partial charge is 0.215 e. The Morgan fingerprint density at radius 3 is 2.73 bits per heavy atom. The number of methoxy groups -OCH3 is 1. The van der Waals surface area contributed by atoms with Crippen molar-refractivity contribution in [1.82, 2.24) is 14.5 Å². The number of nitrogens with one attached hydrogen (secondary N) is 1. The number of nitrogens with zero attached hydrogens (tertiary/aromatic N) is 3. The summed E-state index contributed by atoms with van der Waals surface area (Å²) in [5.74, 6) is 3.12. The van der Waals surface area contributed by atoms with Crippen LogP contribution in [-0.4, -0.2) is 108 Å². The van der Waals surface area contributed by atoms with Crippen molar-refractivity contribution in [2.24, 2.45) is 10.9 Å². The molecule has 26 heavy (non-hydrogen) atoms. The minimum atomic E-state index is -3.19. The van der Waals surface area contributed by atoms with Crippen molar-refractivity contribution < 1.29 is 17.9 Å². The van der Waals surface area contributed by atoms with Gasteiger partial charge in [-0.2, -0.15) is 11.8 Å². The fourth-order valence-corrected chi connectivity index (χ4v) is 5.62. The summed E-state index contributed by atoms with van der Waals surface area (Å²) in [6.07, 6.45) is 1.05. The zero-order valence-corrected chi connectivity index (χ0v) is 17.5. The Bertz CT molecular complexity index is 538. The number of sulfonamides is 1. The normalized spacial score (nSPS) is 22.8. The fraction of sp³-hybridized carbons (Fsp3) is 0.938. The third-order valence-electron chi connectivity index (χ3n) is 4.59. The van der Waals surface area contributed by atoms with Crippen LogP contribution in [0.15, 0.2) is 4.99 Å². The third-order valence-corrected chi connectivity index (χ3v) is 7.40. The van der Waals surface area contributed by atoms with Crippen LogP contribution >= 0.6 is 11.8 Å². The Balaban J connectivity index is 1.71. The van der Waals surface area contributed by atoms with Gasteiger partial charge < -0.3 is 19.7 Å². The van der Waals surface area contributed by atoms with Crippen LogP contribution < -0.4 is 5.32 Å². The third kappa shape index (κ3) is 6.88. The number of hydrogen-bond acceptors (Lipinski definition) is 6. The molecule has 0 aromatic rings. The van der Waals surface area contributed by atoms with Crippen molar-refractivity contribution in [1.29, 1.82) is 0 Å². The number of guanidine groups is 1. The molecule has 0 amide bonds. The summed E-state index contributed by atoms with van der Waals surface area (Å²) in [5.41, 5.74) is 0. The van der Waals surface area contributed by atoms with Gasteiger partial charge in [0, 0.05) is 64.3 Å². The molecule has 0 aromatic carbocycles. The topological polar surface area (TPSA) is 83.5 Å². The van der Waals surface area contributed by atoms with E-state index in [9.17, 15) is 8.42 Å². The standard InChI is InChI=1S/C16H32N4O4S2/c1-17-16(19-5-3-15(13-19)14-24-9-8-23-2)18-4-12-26(21,22)20-6-10-25-11-7-20/h15H,3-14H2,1-2H3,(H,17,18). The molecular formula is C16H32N4O4S2. The van der Waals surface area contributed by atoms with Gasteiger partial charge >= 0.3 is 0 Å². The highest BCUT2D eigenvalue weighted by molar-refractivity contribution is 7.99. The van der Waals surface area contributed by atoms with Crippen LogP contribution in [0.25, 0.3) is 0 Å². The summed E-state index contributed by atoms with van der Waals surface area (Å²) >= 11 is 1.81. The molecule has 2 fully saturated rings. The molecule has 0 radical (unpaired) electrons. The Morgan fingerprint density at radius 1 is 1.27 bits per heavy atom. The predicted molar refractivity (Wildman–Crippen MR) is 106 cm³/mol. The van der Waals surface area contributed by atoms with Crippen LogP contribution in [0.1, 0.15) is 6.42 Å². The molecule has 0 aliphatic carbocycles. The van der Waals surface area contributed by atoms with E-state index in [1.165, 1.54) is 0 Å². The van der Waals surface area contributed by atoms with E-state index < -0.39 is 10.0 Å². The highest BCUT2D eigenvalue weighted by atomic mass is 32.2. The summed E-state index contributed by atoms with van der Waals surface area (Å²) in [6.45, 7) is 5.37. The average molecular weight is 409 g/mol. The number of aliphatic imine (C=N–C) groups is 1. The van der Waals surface area contributed by atoms with Crippen molar-refractivity contribution in [2.75, 3.05) is 84.0 Å². The molecule has 0 spiro atoms. The lowest BCUT2D eigenvalue weighted by molar-refractivity contribution is 0.0536. The molecule has 1 N–H and O–H groups in total. The van der Waals surface area contributed by atoms with E-state index in [1.54, 1.807) is 18.5 Å². The minimum Gasteiger partial charge on any atom is -0.382 e. The van der Waals surface area contributed by atoms with E-state index in [2.05, 4.69) is 15.2 Å². The molecule has 0 bridgehead atoms. The molecule has 2 aliphatic rings. The number of rotatable bonds is 9. The molecule has 1 atom stereocenters. The van der Waals surface area contributed by atoms with Gasteiger partial charge in [-0.05, 0) is 6.42 Å². The van der Waals surface area contributed by atoms with Gasteiger partial charge in [0.05, 0.1) is 25.6 Å². The highest BCUT2D eigenvalue weighted by Gasteiger charge is 2.26. The van der Waals surface area contributed by atoms with E-state index in [1.807, 2.05) is 11.8 Å². The summed E-state index contributed by atoms with van der Waals surface area (Å²) in [7, 11) is 0.218. The first-order valence-electron chi connectivity index (χ1n) is 9.14. The average Bonchev–Trinajstić information content (AvgIpc) is 3.12. The van der Waals surface area contributed by atoms with Crippen LogP contribution in [0.5, 0.6) is 0 Å². The maximum Gasteiger partial charge on any atom is 0.215 e. The number of likely N-dealkylation sites (tertiary alicyclic amines) is 1. The molecule has 8 nitrogen and oxygen atoms in total. The summed E-state index contributed by atoms with van der Waals surface area (Å²) in [6, 6.07) is 0. The van der Waals surface area contributed by atoms with Gasteiger partial charge in [0.2, 0.25) is 10.0 Å². The van der Waals surface area contributed by atoms with Gasteiger partial charge in [-0.3, -0.25) is 4.99 Å². The van der Waals surface area contributed by atoms with Gasteiger partial charge in [0.1, 0.15) is 0 Å². The van der Waals surface area contributed by atoms with Gasteiger partial charge in [0.15, 0.2) is 5.96 Å². The monoisotopic (exact) mass is 408 g/mol. The number of thioether (sulfide) groups is 1. The molecule has 152 valence electrons. The number of ether oxygens (including phenoxy) is 2. The Kier molecular flexibility index (Phi) is 9.48. The summed E-state index contributed by atoms with van der Waals surface area (Å²) < 4.78 is 37.0. The number of hydrogen-bond donors (Lipinski definition) is 1. The predicted octanol–water partition coefficient (Wildman–Crippen LogP) is -0.0747. The molecule has 1 unspecified atom stereocenters. The quantitative estimate of drug-likeness (QED) is 0.325. The van der Waals surface area contributed by atoms with Crippen molar-refractivity contribution >= 4 is 27.7 Å². The van der Waals surface area contributed by atoms with Crippen molar-refractivity contribution in [3.05, 3.63) is 0 Å². The first kappa shape index (κ1) is 21.7. The van der Waals surface area contributed by atoms with Crippen molar-refractivity contribution in [3.8, 4) is 0 Å². The van der Waals surface area contributed by atoms with Gasteiger partial charge in [0.25, 0.3) is 0 Å². The minimum absolute atomic E-state index is 0.105. The summed E-state index contributed by atoms with van der Waals surface area (Å²) in [4.78, 5) is 6.48. The first-order valence-corrected chi connectivity index (χ1v) is 11.9. The van der Waals surface area contributed by atoms with Gasteiger partial charge in [-0.1, -0.05) is 0 Å². The lowest BCUT2D eigenvalue weighted by Gasteiger charge is -2.26. The van der Waals surface area contributed by atoms with Crippen LogP contribution in [0, 0.1) is 5.92 Å². The molecule has 0 aromatic heterocycles. The molecule has 10 heteroatoms. The largest absolute Gasteiger partial charge is 0.382 e. The molecule has 2 aliphatic heterocycles. The fourth-order valence-electron chi connectivity index (χ4n) is 3.13. The maximum atomic E-state index is 12.4. The summed E-state index contributed by atoms with van der Waals surface area (Å²) in [5, 5.41) is 3.21. The molecule has 2 heterocycles. The Hall–Kier alpha value is -0.550. The van der Waals surface area contributed by atoms with Crippen LogP contribution in [0.4, 0.5) is 0 Å². The van der Waals surface area contributed by atoms with E-state index in [0.29, 0.717) is 38.8 Å². The zero-order valence-electron chi connectivity index (χ0n) is 15.9. The van der Waals surface area contributed by atoms with E-state index in [-0.39, 0.29) is 5.75 Å². The second-order valence-electron chi connectivity index (χ2n) is 6.47. The zero-order chi connectivity index (χ0) is 18.8. The van der Waals surface area contributed by atoms with E-state index in [4.69, 9.17) is 9.47 Å². The van der Waals surface area contributed by atoms with Gasteiger partial charge in [-0.25, -0.2) is 12.7 Å². The van der Waals surface area contributed by atoms with Crippen LogP contribution in [0.3, 0.4) is 0 Å². The lowest BCUT2D eigenvalue weighted by atomic mass is 10.1. The second kappa shape index (κ2) is 11.3. The van der Waals surface area contributed by atoms with Gasteiger partial charge in [-0.15, -0.1) is 0 Å². The molecule has 0 saturated carbocycles. The van der Waals surface area contributed by atoms with Crippen LogP contribution in [0.2, 0.25) is 0 Å². The highest BCUT2D eigenvalue weighted by Crippen LogP contribution is 2.17. The lowest BCUT2D eigenvalue weighted by Crippen LogP contribution is -2.45. The maximum absolute atomic E-state index is 12.4. The SMILES string of the molecule is CN=C(NCCS(=O)(=O)N1CCSCC1)N1CCC(COCCOC)C1. The Labute approximate surface area is 161 Å². The molecule has 2 rings (SSSR count). The van der Waals surface area contributed by atoms with E-state index >= 15 is 0 Å².